The number of nitrogens with one attached hydrogen (secondary N) is 2. The van der Waals surface area contributed by atoms with Crippen molar-refractivity contribution in [3.8, 4) is 0 Å². The molecule has 0 spiro atoms. The lowest BCUT2D eigenvalue weighted by Crippen LogP contribution is -2.42. The van der Waals surface area contributed by atoms with Gasteiger partial charge < -0.3 is 19.7 Å². The maximum absolute atomic E-state index is 12.7. The second kappa shape index (κ2) is 7.81. The van der Waals surface area contributed by atoms with Crippen molar-refractivity contribution in [3.05, 3.63) is 34.7 Å². The smallest absolute Gasteiger partial charge is 0.246 e. The molecule has 2 N–H and O–H groups in total. The first-order valence-corrected chi connectivity index (χ1v) is 7.00. The number of imidazole rings is 1. The van der Waals surface area contributed by atoms with Crippen LogP contribution in [0.3, 0.4) is 0 Å². The molecule has 0 saturated carbocycles. The summed E-state index contributed by atoms with van der Waals surface area (Å²) in [5, 5.41) is 7.16. The zero-order chi connectivity index (χ0) is 15.0. The van der Waals surface area contributed by atoms with Gasteiger partial charge in [0.15, 0.2) is 0 Å². The zero-order valence-electron chi connectivity index (χ0n) is 13.3. The topological polar surface area (TPSA) is 87.0 Å². The molecule has 1 atom stereocenters. The van der Waals surface area contributed by atoms with Crippen LogP contribution in [0.25, 0.3) is 0 Å². The van der Waals surface area contributed by atoms with Crippen LogP contribution in [0, 0.1) is 13.8 Å². The number of nitrogens with zero attached hydrogens (tertiary/aromatic N) is 3. The minimum Gasteiger partial charge on any atom is -0.361 e. The summed E-state index contributed by atoms with van der Waals surface area (Å²) in [5.74, 6) is 0.757. The number of aromatic nitrogens is 3. The first-order valence-electron chi connectivity index (χ1n) is 7.00. The fraction of sp³-hybridized carbons (Fsp3) is 0.500. The number of carbonyl (C=O) groups is 1. The minimum absolute atomic E-state index is 0. The Morgan fingerprint density at radius 2 is 2.17 bits per heavy atom. The Hall–Kier alpha value is -1.57. The predicted molar refractivity (Wildman–Crippen MR) is 90.0 cm³/mol. The van der Waals surface area contributed by atoms with Crippen molar-refractivity contribution in [2.75, 3.05) is 13.6 Å². The molecule has 128 valence electrons. The number of hydrogen-bond acceptors (Lipinski definition) is 5. The van der Waals surface area contributed by atoms with Crippen LogP contribution >= 0.6 is 24.8 Å². The van der Waals surface area contributed by atoms with Crippen molar-refractivity contribution in [1.29, 1.82) is 0 Å². The molecule has 3 rings (SSSR count). The number of rotatable bonds is 3. The molecular weight excluding hydrogens is 341 g/mol. The molecule has 2 aromatic heterocycles. The number of amides is 1. The van der Waals surface area contributed by atoms with Crippen LogP contribution in [-0.4, -0.2) is 39.5 Å². The summed E-state index contributed by atoms with van der Waals surface area (Å²) >= 11 is 0. The molecular formula is C14H21Cl2N5O2. The van der Waals surface area contributed by atoms with E-state index in [0.717, 1.165) is 41.4 Å². The van der Waals surface area contributed by atoms with Crippen LogP contribution in [0.15, 0.2) is 10.9 Å². The van der Waals surface area contributed by atoms with Crippen LogP contribution in [0.1, 0.15) is 34.4 Å². The fourth-order valence-corrected chi connectivity index (χ4v) is 2.69. The summed E-state index contributed by atoms with van der Waals surface area (Å²) in [7, 11) is 1.79. The van der Waals surface area contributed by atoms with Gasteiger partial charge in [0.05, 0.1) is 24.3 Å². The lowest BCUT2D eigenvalue weighted by Gasteiger charge is -2.27. The Kier molecular flexibility index (Phi) is 6.61. The van der Waals surface area contributed by atoms with Crippen LogP contribution in [0.2, 0.25) is 0 Å². The highest BCUT2D eigenvalue weighted by Gasteiger charge is 2.31. The molecule has 23 heavy (non-hydrogen) atoms. The van der Waals surface area contributed by atoms with Gasteiger partial charge in [-0.05, 0) is 13.8 Å². The fourth-order valence-electron chi connectivity index (χ4n) is 2.69. The second-order valence-electron chi connectivity index (χ2n) is 5.40. The Labute approximate surface area is 147 Å². The van der Waals surface area contributed by atoms with E-state index in [9.17, 15) is 4.79 Å². The average Bonchev–Trinajstić information content (AvgIpc) is 3.07. The van der Waals surface area contributed by atoms with Gasteiger partial charge in [-0.25, -0.2) is 4.98 Å². The van der Waals surface area contributed by atoms with Gasteiger partial charge >= 0.3 is 0 Å². The van der Waals surface area contributed by atoms with Gasteiger partial charge in [-0.1, -0.05) is 5.16 Å². The standard InChI is InChI=1S/C14H19N5O2.2ClH/c1-8-10(9(2)21-18-8)6-19(3)14(20)13-12-11(4-5-15-13)16-7-17-12;;/h7,13,15H,4-6H2,1-3H3,(H,16,17);2*1H. The third-order valence-corrected chi connectivity index (χ3v) is 3.95. The lowest BCUT2D eigenvalue weighted by molar-refractivity contribution is -0.133. The van der Waals surface area contributed by atoms with Gasteiger partial charge in [0, 0.05) is 31.3 Å². The van der Waals surface area contributed by atoms with E-state index in [4.69, 9.17) is 4.52 Å². The predicted octanol–water partition coefficient (Wildman–Crippen LogP) is 1.70. The van der Waals surface area contributed by atoms with Crippen molar-refractivity contribution in [2.45, 2.75) is 32.9 Å². The Morgan fingerprint density at radius 3 is 2.83 bits per heavy atom. The highest BCUT2D eigenvalue weighted by atomic mass is 35.5. The zero-order valence-corrected chi connectivity index (χ0v) is 14.9. The van der Waals surface area contributed by atoms with E-state index < -0.39 is 0 Å². The number of halogens is 2. The molecule has 0 bridgehead atoms. The monoisotopic (exact) mass is 361 g/mol. The summed E-state index contributed by atoms with van der Waals surface area (Å²) in [6.45, 7) is 5.00. The SMILES string of the molecule is Cc1noc(C)c1CN(C)C(=O)C1NCCc2[nH]cnc21.Cl.Cl. The van der Waals surface area contributed by atoms with Gasteiger partial charge in [-0.2, -0.15) is 0 Å². The van der Waals surface area contributed by atoms with Gasteiger partial charge in [-0.15, -0.1) is 24.8 Å². The highest BCUT2D eigenvalue weighted by molar-refractivity contribution is 5.85. The Morgan fingerprint density at radius 1 is 1.43 bits per heavy atom. The number of H-pyrrole nitrogens is 1. The molecule has 1 unspecified atom stereocenters. The van der Waals surface area contributed by atoms with Gasteiger partial charge in [0.2, 0.25) is 5.91 Å². The molecule has 0 fully saturated rings. The van der Waals surface area contributed by atoms with Crippen molar-refractivity contribution in [3.63, 3.8) is 0 Å². The van der Waals surface area contributed by atoms with E-state index in [0.29, 0.717) is 6.54 Å². The Bertz CT molecular complexity index is 650. The van der Waals surface area contributed by atoms with Gasteiger partial charge in [-0.3, -0.25) is 4.79 Å². The summed E-state index contributed by atoms with van der Waals surface area (Å²) in [6.07, 6.45) is 2.51. The molecule has 7 nitrogen and oxygen atoms in total. The third kappa shape index (κ3) is 3.68. The van der Waals surface area contributed by atoms with Crippen molar-refractivity contribution in [1.82, 2.24) is 25.3 Å². The van der Waals surface area contributed by atoms with Crippen LogP contribution in [0.5, 0.6) is 0 Å². The Balaban J connectivity index is 0.00000132. The summed E-state index contributed by atoms with van der Waals surface area (Å²) in [5.41, 5.74) is 3.63. The molecule has 0 aromatic carbocycles. The van der Waals surface area contributed by atoms with Crippen LogP contribution < -0.4 is 5.32 Å². The summed E-state index contributed by atoms with van der Waals surface area (Å²) in [4.78, 5) is 21.7. The molecule has 9 heteroatoms. The van der Waals surface area contributed by atoms with E-state index in [1.807, 2.05) is 13.8 Å². The van der Waals surface area contributed by atoms with Crippen LogP contribution in [-0.2, 0) is 17.8 Å². The quantitative estimate of drug-likeness (QED) is 0.868. The maximum atomic E-state index is 12.7. The third-order valence-electron chi connectivity index (χ3n) is 3.95. The number of aromatic amines is 1. The largest absolute Gasteiger partial charge is 0.361 e. The molecule has 0 radical (unpaired) electrons. The molecule has 0 saturated heterocycles. The number of carbonyl (C=O) groups excluding carboxylic acids is 1. The number of aryl methyl sites for hydroxylation is 2. The van der Waals surface area contributed by atoms with Crippen LogP contribution in [0.4, 0.5) is 0 Å². The van der Waals surface area contributed by atoms with E-state index in [2.05, 4.69) is 20.4 Å². The first kappa shape index (κ1) is 19.5. The van der Waals surface area contributed by atoms with E-state index >= 15 is 0 Å². The minimum atomic E-state index is -0.384. The molecule has 1 amide bonds. The number of fused-ring (bicyclic) bond motifs is 1. The highest BCUT2D eigenvalue weighted by Crippen LogP contribution is 2.22. The summed E-state index contributed by atoms with van der Waals surface area (Å²) in [6, 6.07) is -0.384. The molecule has 0 aliphatic carbocycles. The van der Waals surface area contributed by atoms with Gasteiger partial charge in [0.1, 0.15) is 11.8 Å². The van der Waals surface area contributed by atoms with E-state index in [1.165, 1.54) is 0 Å². The second-order valence-corrected chi connectivity index (χ2v) is 5.40. The molecule has 2 aromatic rings. The maximum Gasteiger partial charge on any atom is 0.246 e. The molecule has 1 aliphatic heterocycles. The molecule has 1 aliphatic rings. The first-order chi connectivity index (χ1) is 10.1. The van der Waals surface area contributed by atoms with E-state index in [1.54, 1.807) is 18.3 Å². The molecule has 3 heterocycles. The average molecular weight is 362 g/mol. The van der Waals surface area contributed by atoms with Crippen molar-refractivity contribution < 1.29 is 9.32 Å². The number of hydrogen-bond donors (Lipinski definition) is 2. The lowest BCUT2D eigenvalue weighted by atomic mass is 10.0. The normalized spacial score (nSPS) is 16.0. The van der Waals surface area contributed by atoms with Crippen molar-refractivity contribution in [2.24, 2.45) is 0 Å². The van der Waals surface area contributed by atoms with E-state index in [-0.39, 0.29) is 36.8 Å². The van der Waals surface area contributed by atoms with Crippen molar-refractivity contribution >= 4 is 30.7 Å². The number of likely N-dealkylation sites (N-methyl/N-ethyl adjacent to an activating group) is 1. The van der Waals surface area contributed by atoms with Gasteiger partial charge in [0.25, 0.3) is 0 Å². The summed E-state index contributed by atoms with van der Waals surface area (Å²) < 4.78 is 5.14.